The van der Waals surface area contributed by atoms with Crippen LogP contribution in [0, 0.1) is 0 Å². The van der Waals surface area contributed by atoms with Crippen LogP contribution in [0.25, 0.3) is 16.8 Å². The Balaban J connectivity index is 1.58. The standard InChI is InChI=1S/C31H25Cl2NO3/c1-36-30(35)27-19-25-26(17-22(32)18-28(25)33)29-24(27)13-14-31(37-29,20-7-3-2-4-8-20)21-9-11-23(12-10-21)34-15-5-6-16-34/h2-4,7-14,17-19H,5-6,15-16H2,1H3. The molecule has 0 aliphatic carbocycles. The second-order valence-electron chi connectivity index (χ2n) is 9.42. The largest absolute Gasteiger partial charge is 0.472 e. The molecular formula is C31H25Cl2NO3. The van der Waals surface area contributed by atoms with E-state index in [1.54, 1.807) is 12.1 Å². The number of carbonyl (C=O) groups excluding carboxylic acids is 1. The molecule has 4 nitrogen and oxygen atoms in total. The van der Waals surface area contributed by atoms with E-state index in [-0.39, 0.29) is 0 Å². The third-order valence-electron chi connectivity index (χ3n) is 7.29. The summed E-state index contributed by atoms with van der Waals surface area (Å²) in [6.07, 6.45) is 6.40. The van der Waals surface area contributed by atoms with Gasteiger partial charge in [-0.25, -0.2) is 4.79 Å². The predicted molar refractivity (Wildman–Crippen MR) is 150 cm³/mol. The van der Waals surface area contributed by atoms with E-state index in [4.69, 9.17) is 32.7 Å². The summed E-state index contributed by atoms with van der Waals surface area (Å²) >= 11 is 13.0. The topological polar surface area (TPSA) is 38.8 Å². The summed E-state index contributed by atoms with van der Waals surface area (Å²) in [7, 11) is 1.37. The van der Waals surface area contributed by atoms with Crippen LogP contribution in [0.4, 0.5) is 5.69 Å². The molecule has 0 spiro atoms. The molecule has 6 rings (SSSR count). The lowest BCUT2D eigenvalue weighted by Gasteiger charge is -2.37. The van der Waals surface area contributed by atoms with Gasteiger partial charge in [0.2, 0.25) is 0 Å². The average Bonchev–Trinajstić information content (AvgIpc) is 3.48. The van der Waals surface area contributed by atoms with Crippen molar-refractivity contribution >= 4 is 51.7 Å². The van der Waals surface area contributed by atoms with E-state index in [1.807, 2.05) is 36.4 Å². The lowest BCUT2D eigenvalue weighted by Crippen LogP contribution is -2.34. The van der Waals surface area contributed by atoms with Crippen LogP contribution in [0.3, 0.4) is 0 Å². The Morgan fingerprint density at radius 1 is 0.919 bits per heavy atom. The number of nitrogens with zero attached hydrogens (tertiary/aromatic N) is 1. The highest BCUT2D eigenvalue weighted by atomic mass is 35.5. The van der Waals surface area contributed by atoms with Crippen LogP contribution in [0.15, 0.2) is 78.9 Å². The number of rotatable bonds is 4. The molecule has 0 bridgehead atoms. The maximum atomic E-state index is 12.8. The van der Waals surface area contributed by atoms with E-state index in [0.717, 1.165) is 29.6 Å². The first-order valence-corrected chi connectivity index (χ1v) is 13.1. The van der Waals surface area contributed by atoms with Gasteiger partial charge in [0.05, 0.1) is 17.7 Å². The molecule has 0 amide bonds. The Bertz CT molecular complexity index is 1530. The predicted octanol–water partition coefficient (Wildman–Crippen LogP) is 7.88. The maximum absolute atomic E-state index is 12.8. The fourth-order valence-electron chi connectivity index (χ4n) is 5.42. The summed E-state index contributed by atoms with van der Waals surface area (Å²) in [5.41, 5.74) is 3.26. The van der Waals surface area contributed by atoms with Crippen molar-refractivity contribution in [2.24, 2.45) is 0 Å². The highest BCUT2D eigenvalue weighted by molar-refractivity contribution is 6.39. The molecule has 2 aliphatic heterocycles. The zero-order valence-electron chi connectivity index (χ0n) is 20.3. The molecule has 4 aromatic rings. The number of anilines is 1. The van der Waals surface area contributed by atoms with Crippen LogP contribution >= 0.6 is 23.2 Å². The van der Waals surface area contributed by atoms with Gasteiger partial charge in [0, 0.05) is 51.3 Å². The van der Waals surface area contributed by atoms with Gasteiger partial charge in [-0.1, -0.05) is 65.7 Å². The number of halogens is 2. The first-order chi connectivity index (χ1) is 18.0. The molecule has 1 saturated heterocycles. The van der Waals surface area contributed by atoms with Gasteiger partial charge in [-0.05, 0) is 55.3 Å². The van der Waals surface area contributed by atoms with Gasteiger partial charge >= 0.3 is 5.97 Å². The first-order valence-electron chi connectivity index (χ1n) is 12.3. The number of carbonyl (C=O) groups is 1. The minimum Gasteiger partial charge on any atom is -0.472 e. The number of ether oxygens (including phenoxy) is 2. The third-order valence-corrected chi connectivity index (χ3v) is 7.82. The van der Waals surface area contributed by atoms with E-state index in [2.05, 4.69) is 41.3 Å². The number of benzene rings is 4. The highest BCUT2D eigenvalue weighted by Crippen LogP contribution is 2.48. The number of esters is 1. The van der Waals surface area contributed by atoms with Crippen LogP contribution in [0.1, 0.15) is 39.9 Å². The molecule has 6 heteroatoms. The number of fused-ring (bicyclic) bond motifs is 3. The Morgan fingerprint density at radius 2 is 1.62 bits per heavy atom. The van der Waals surface area contributed by atoms with Crippen molar-refractivity contribution in [1.82, 2.24) is 0 Å². The van der Waals surface area contributed by atoms with Crippen LogP contribution in [-0.4, -0.2) is 26.2 Å². The fraction of sp³-hybridized carbons (Fsp3) is 0.194. The van der Waals surface area contributed by atoms with Gasteiger partial charge in [0.25, 0.3) is 0 Å². The molecule has 0 saturated carbocycles. The zero-order valence-corrected chi connectivity index (χ0v) is 21.9. The van der Waals surface area contributed by atoms with Gasteiger partial charge < -0.3 is 14.4 Å². The minimum absolute atomic E-state index is 0.386. The van der Waals surface area contributed by atoms with E-state index >= 15 is 0 Å². The van der Waals surface area contributed by atoms with Gasteiger partial charge in [-0.15, -0.1) is 0 Å². The summed E-state index contributed by atoms with van der Waals surface area (Å²) < 4.78 is 12.1. The molecule has 1 atom stereocenters. The van der Waals surface area contributed by atoms with Crippen LogP contribution in [0.2, 0.25) is 10.0 Å². The van der Waals surface area contributed by atoms with Crippen molar-refractivity contribution in [1.29, 1.82) is 0 Å². The smallest absolute Gasteiger partial charge is 0.338 e. The summed E-state index contributed by atoms with van der Waals surface area (Å²) in [6, 6.07) is 23.9. The molecule has 0 aromatic heterocycles. The molecule has 0 radical (unpaired) electrons. The summed E-state index contributed by atoms with van der Waals surface area (Å²) in [5.74, 6) is 0.0804. The molecule has 1 unspecified atom stereocenters. The van der Waals surface area contributed by atoms with Crippen molar-refractivity contribution in [3.63, 3.8) is 0 Å². The SMILES string of the molecule is COC(=O)c1cc2c(Cl)cc(Cl)cc2c2c1C=CC(c1ccccc1)(c1ccc(N3CCCC3)cc1)O2. The van der Waals surface area contributed by atoms with Crippen LogP contribution in [-0.2, 0) is 10.3 Å². The molecular weight excluding hydrogens is 505 g/mol. The molecule has 1 fully saturated rings. The summed E-state index contributed by atoms with van der Waals surface area (Å²) in [5, 5.41) is 2.34. The molecule has 37 heavy (non-hydrogen) atoms. The molecule has 2 heterocycles. The Hall–Kier alpha value is -3.47. The van der Waals surface area contributed by atoms with Crippen molar-refractivity contribution < 1.29 is 14.3 Å². The second-order valence-corrected chi connectivity index (χ2v) is 10.3. The third kappa shape index (κ3) is 4.05. The van der Waals surface area contributed by atoms with Crippen LogP contribution in [0.5, 0.6) is 5.75 Å². The van der Waals surface area contributed by atoms with E-state index < -0.39 is 11.6 Å². The van der Waals surface area contributed by atoms with Crippen molar-refractivity contribution in [2.75, 3.05) is 25.1 Å². The molecule has 0 N–H and O–H groups in total. The quantitative estimate of drug-likeness (QED) is 0.252. The van der Waals surface area contributed by atoms with Crippen molar-refractivity contribution in [2.45, 2.75) is 18.4 Å². The van der Waals surface area contributed by atoms with Gasteiger partial charge in [0.15, 0.2) is 5.60 Å². The first kappa shape index (κ1) is 23.9. The van der Waals surface area contributed by atoms with E-state index in [1.165, 1.54) is 25.6 Å². The maximum Gasteiger partial charge on any atom is 0.338 e. The van der Waals surface area contributed by atoms with Crippen molar-refractivity contribution in [3.05, 3.63) is 111 Å². The number of hydrogen-bond acceptors (Lipinski definition) is 4. The zero-order chi connectivity index (χ0) is 25.6. The monoisotopic (exact) mass is 529 g/mol. The minimum atomic E-state index is -0.922. The van der Waals surface area contributed by atoms with Gasteiger partial charge in [-0.2, -0.15) is 0 Å². The highest BCUT2D eigenvalue weighted by Gasteiger charge is 2.39. The average molecular weight is 530 g/mol. The Morgan fingerprint density at radius 3 is 2.32 bits per heavy atom. The lowest BCUT2D eigenvalue weighted by molar-refractivity contribution is 0.0599. The Labute approximate surface area is 226 Å². The summed E-state index contributed by atoms with van der Waals surface area (Å²) in [6.45, 7) is 2.16. The lowest BCUT2D eigenvalue weighted by atomic mass is 9.82. The second kappa shape index (κ2) is 9.44. The van der Waals surface area contributed by atoms with E-state index in [9.17, 15) is 4.79 Å². The molecule has 186 valence electrons. The van der Waals surface area contributed by atoms with Gasteiger partial charge in [-0.3, -0.25) is 0 Å². The normalized spacial score (nSPS) is 18.5. The molecule has 2 aliphatic rings. The Kier molecular flexibility index (Phi) is 6.10. The number of hydrogen-bond donors (Lipinski definition) is 0. The molecule has 4 aromatic carbocycles. The van der Waals surface area contributed by atoms with Crippen LogP contribution < -0.4 is 9.64 Å². The number of methoxy groups -OCH3 is 1. The van der Waals surface area contributed by atoms with E-state index in [0.29, 0.717) is 32.3 Å². The fourth-order valence-corrected chi connectivity index (χ4v) is 5.96. The van der Waals surface area contributed by atoms with Crippen molar-refractivity contribution in [3.8, 4) is 5.75 Å². The van der Waals surface area contributed by atoms with Gasteiger partial charge in [0.1, 0.15) is 5.75 Å². The summed E-state index contributed by atoms with van der Waals surface area (Å²) in [4.78, 5) is 15.2.